The molecule has 1 saturated heterocycles. The molecule has 0 aromatic heterocycles. The fourth-order valence-corrected chi connectivity index (χ4v) is 2.25. The Balaban J connectivity index is 2.29. The van der Waals surface area contributed by atoms with E-state index < -0.39 is 0 Å². The van der Waals surface area contributed by atoms with Gasteiger partial charge in [0.25, 0.3) is 0 Å². The van der Waals surface area contributed by atoms with E-state index >= 15 is 0 Å². The lowest BCUT2D eigenvalue weighted by atomic mass is 9.90. The first kappa shape index (κ1) is 10.3. The molecule has 0 saturated carbocycles. The van der Waals surface area contributed by atoms with Crippen molar-refractivity contribution in [1.29, 1.82) is 0 Å². The van der Waals surface area contributed by atoms with Crippen molar-refractivity contribution in [1.82, 2.24) is 5.32 Å². The lowest BCUT2D eigenvalue weighted by Crippen LogP contribution is -2.28. The second-order valence-electron chi connectivity index (χ2n) is 4.01. The Morgan fingerprint density at radius 3 is 3.00 bits per heavy atom. The number of para-hydroxylation sites is 1. The molecule has 3 heteroatoms. The zero-order valence-electron chi connectivity index (χ0n) is 9.12. The number of hydrogen-bond donors (Lipinski definition) is 2. The van der Waals surface area contributed by atoms with Crippen LogP contribution < -0.4 is 15.8 Å². The second-order valence-corrected chi connectivity index (χ2v) is 4.01. The Labute approximate surface area is 90.6 Å². The van der Waals surface area contributed by atoms with Gasteiger partial charge in [0.1, 0.15) is 5.75 Å². The molecule has 0 amide bonds. The van der Waals surface area contributed by atoms with Gasteiger partial charge in [-0.25, -0.2) is 0 Å². The molecular formula is C12H18N2O. The van der Waals surface area contributed by atoms with Gasteiger partial charge in [0, 0.05) is 18.0 Å². The van der Waals surface area contributed by atoms with Crippen LogP contribution in [0.5, 0.6) is 5.75 Å². The first-order valence-electron chi connectivity index (χ1n) is 5.46. The molecule has 0 spiro atoms. The van der Waals surface area contributed by atoms with Gasteiger partial charge in [-0.3, -0.25) is 0 Å². The highest BCUT2D eigenvalue weighted by molar-refractivity contribution is 5.57. The third-order valence-electron chi connectivity index (χ3n) is 3.02. The maximum absolute atomic E-state index is 5.89. The predicted octanol–water partition coefficient (Wildman–Crippen LogP) is 1.74. The van der Waals surface area contributed by atoms with Crippen molar-refractivity contribution in [3.8, 4) is 5.75 Å². The van der Waals surface area contributed by atoms with E-state index in [4.69, 9.17) is 10.5 Å². The van der Waals surface area contributed by atoms with Crippen molar-refractivity contribution in [2.75, 3.05) is 25.9 Å². The highest BCUT2D eigenvalue weighted by atomic mass is 16.5. The van der Waals surface area contributed by atoms with E-state index in [0.717, 1.165) is 24.5 Å². The molecule has 3 nitrogen and oxygen atoms in total. The Kier molecular flexibility index (Phi) is 3.11. The maximum atomic E-state index is 5.89. The van der Waals surface area contributed by atoms with E-state index in [2.05, 4.69) is 11.4 Å². The van der Waals surface area contributed by atoms with Crippen LogP contribution in [0.3, 0.4) is 0 Å². The highest BCUT2D eigenvalue weighted by Gasteiger charge is 2.19. The van der Waals surface area contributed by atoms with Crippen LogP contribution in [0.15, 0.2) is 18.2 Å². The Hall–Kier alpha value is -1.22. The van der Waals surface area contributed by atoms with E-state index in [1.165, 1.54) is 18.4 Å². The molecule has 0 bridgehead atoms. The zero-order chi connectivity index (χ0) is 10.7. The number of anilines is 1. The minimum atomic E-state index is 0.539. The minimum Gasteiger partial charge on any atom is -0.494 e. The normalized spacial score (nSPS) is 21.3. The van der Waals surface area contributed by atoms with Crippen LogP contribution in [0.4, 0.5) is 5.69 Å². The van der Waals surface area contributed by atoms with Gasteiger partial charge >= 0.3 is 0 Å². The van der Waals surface area contributed by atoms with E-state index in [9.17, 15) is 0 Å². The lowest BCUT2D eigenvalue weighted by molar-refractivity contribution is 0.394. The number of hydrogen-bond acceptors (Lipinski definition) is 3. The van der Waals surface area contributed by atoms with Gasteiger partial charge in [-0.1, -0.05) is 12.1 Å². The van der Waals surface area contributed by atoms with E-state index in [-0.39, 0.29) is 0 Å². The fourth-order valence-electron chi connectivity index (χ4n) is 2.25. The summed E-state index contributed by atoms with van der Waals surface area (Å²) >= 11 is 0. The summed E-state index contributed by atoms with van der Waals surface area (Å²) < 4.78 is 5.38. The zero-order valence-corrected chi connectivity index (χ0v) is 9.12. The van der Waals surface area contributed by atoms with E-state index in [1.54, 1.807) is 7.11 Å². The van der Waals surface area contributed by atoms with Crippen molar-refractivity contribution in [2.45, 2.75) is 18.8 Å². The van der Waals surface area contributed by atoms with Gasteiger partial charge in [0.05, 0.1) is 12.8 Å². The van der Waals surface area contributed by atoms with Gasteiger partial charge in [0.2, 0.25) is 0 Å². The summed E-state index contributed by atoms with van der Waals surface area (Å²) in [5, 5.41) is 3.41. The van der Waals surface area contributed by atoms with E-state index in [0.29, 0.717) is 5.92 Å². The van der Waals surface area contributed by atoms with Crippen LogP contribution in [0, 0.1) is 0 Å². The van der Waals surface area contributed by atoms with Gasteiger partial charge in [-0.05, 0) is 25.5 Å². The van der Waals surface area contributed by atoms with Crippen LogP contribution >= 0.6 is 0 Å². The average molecular weight is 206 g/mol. The van der Waals surface area contributed by atoms with Gasteiger partial charge in [-0.15, -0.1) is 0 Å². The molecule has 1 unspecified atom stereocenters. The predicted molar refractivity (Wildman–Crippen MR) is 62.3 cm³/mol. The summed E-state index contributed by atoms with van der Waals surface area (Å²) in [6, 6.07) is 6.01. The fraction of sp³-hybridized carbons (Fsp3) is 0.500. The summed E-state index contributed by atoms with van der Waals surface area (Å²) in [4.78, 5) is 0. The largest absolute Gasteiger partial charge is 0.494 e. The Bertz CT molecular complexity index is 332. The number of benzene rings is 1. The van der Waals surface area contributed by atoms with Crippen LogP contribution in [-0.4, -0.2) is 20.2 Å². The number of ether oxygens (including phenoxy) is 1. The molecule has 1 heterocycles. The first-order valence-corrected chi connectivity index (χ1v) is 5.46. The number of nitrogen functional groups attached to an aromatic ring is 1. The molecule has 82 valence electrons. The standard InChI is InChI=1S/C12H18N2O/c1-15-12-10(5-2-6-11(12)13)9-4-3-7-14-8-9/h2,5-6,9,14H,3-4,7-8,13H2,1H3. The Morgan fingerprint density at radius 2 is 2.33 bits per heavy atom. The third kappa shape index (κ3) is 2.07. The number of nitrogens with two attached hydrogens (primary N) is 1. The molecule has 1 aromatic carbocycles. The SMILES string of the molecule is COc1c(N)cccc1C1CCCNC1. The average Bonchev–Trinajstić information content (AvgIpc) is 2.30. The number of methoxy groups -OCH3 is 1. The van der Waals surface area contributed by atoms with Crippen LogP contribution in [0.1, 0.15) is 24.3 Å². The maximum Gasteiger partial charge on any atom is 0.145 e. The number of nitrogens with one attached hydrogen (secondary N) is 1. The smallest absolute Gasteiger partial charge is 0.145 e. The molecule has 1 fully saturated rings. The second kappa shape index (κ2) is 4.53. The van der Waals surface area contributed by atoms with Crippen molar-refractivity contribution in [3.05, 3.63) is 23.8 Å². The lowest BCUT2D eigenvalue weighted by Gasteiger charge is -2.25. The van der Waals surface area contributed by atoms with Crippen LogP contribution in [0.2, 0.25) is 0 Å². The molecular weight excluding hydrogens is 188 g/mol. The van der Waals surface area contributed by atoms with Crippen LogP contribution in [0.25, 0.3) is 0 Å². The van der Waals surface area contributed by atoms with Crippen molar-refractivity contribution >= 4 is 5.69 Å². The molecule has 1 atom stereocenters. The molecule has 15 heavy (non-hydrogen) atoms. The quantitative estimate of drug-likeness (QED) is 0.725. The van der Waals surface area contributed by atoms with Gasteiger partial charge in [-0.2, -0.15) is 0 Å². The molecule has 1 aromatic rings. The van der Waals surface area contributed by atoms with Crippen LogP contribution in [-0.2, 0) is 0 Å². The number of piperidine rings is 1. The summed E-state index contributed by atoms with van der Waals surface area (Å²) in [6.45, 7) is 2.15. The summed E-state index contributed by atoms with van der Waals surface area (Å²) in [7, 11) is 1.69. The van der Waals surface area contributed by atoms with Crippen molar-refractivity contribution in [2.24, 2.45) is 0 Å². The molecule has 1 aliphatic heterocycles. The van der Waals surface area contributed by atoms with Gasteiger partial charge in [0.15, 0.2) is 0 Å². The highest BCUT2D eigenvalue weighted by Crippen LogP contribution is 2.34. The molecule has 3 N–H and O–H groups in total. The molecule has 0 radical (unpaired) electrons. The van der Waals surface area contributed by atoms with Crippen molar-refractivity contribution in [3.63, 3.8) is 0 Å². The summed E-state index contributed by atoms with van der Waals surface area (Å²) in [5.74, 6) is 1.39. The number of rotatable bonds is 2. The topological polar surface area (TPSA) is 47.3 Å². The minimum absolute atomic E-state index is 0.539. The third-order valence-corrected chi connectivity index (χ3v) is 3.02. The molecule has 2 rings (SSSR count). The van der Waals surface area contributed by atoms with Crippen molar-refractivity contribution < 1.29 is 4.74 Å². The summed E-state index contributed by atoms with van der Waals surface area (Å²) in [5.41, 5.74) is 7.87. The summed E-state index contributed by atoms with van der Waals surface area (Å²) in [6.07, 6.45) is 2.44. The monoisotopic (exact) mass is 206 g/mol. The van der Waals surface area contributed by atoms with E-state index in [1.807, 2.05) is 12.1 Å². The molecule has 1 aliphatic rings. The first-order chi connectivity index (χ1) is 7.33. The van der Waals surface area contributed by atoms with Gasteiger partial charge < -0.3 is 15.8 Å². The Morgan fingerprint density at radius 1 is 1.47 bits per heavy atom. The molecule has 0 aliphatic carbocycles.